The molecule has 0 bridgehead atoms. The lowest BCUT2D eigenvalue weighted by molar-refractivity contribution is -0.132. The van der Waals surface area contributed by atoms with Gasteiger partial charge in [0, 0.05) is 23.6 Å². The highest BCUT2D eigenvalue weighted by Gasteiger charge is 2.47. The Kier molecular flexibility index (Phi) is 6.20. The van der Waals surface area contributed by atoms with Gasteiger partial charge in [-0.05, 0) is 59.5 Å². The Morgan fingerprint density at radius 1 is 1.06 bits per heavy atom. The quantitative estimate of drug-likeness (QED) is 0.308. The summed E-state index contributed by atoms with van der Waals surface area (Å²) in [6, 6.07) is 14.8. The molecule has 1 unspecified atom stereocenters. The molecule has 0 saturated carbocycles. The van der Waals surface area contributed by atoms with Crippen molar-refractivity contribution in [3.05, 3.63) is 94.3 Å². The van der Waals surface area contributed by atoms with E-state index in [0.717, 1.165) is 5.56 Å². The summed E-state index contributed by atoms with van der Waals surface area (Å²) in [4.78, 5) is 31.8. The summed E-state index contributed by atoms with van der Waals surface area (Å²) in [5.74, 6) is -1.03. The molecule has 7 heteroatoms. The van der Waals surface area contributed by atoms with Crippen LogP contribution in [0.2, 0.25) is 5.02 Å². The van der Waals surface area contributed by atoms with Gasteiger partial charge in [0.2, 0.25) is 0 Å². The Labute approximate surface area is 197 Å². The molecule has 4 rings (SSSR count). The second-order valence-corrected chi connectivity index (χ2v) is 8.45. The van der Waals surface area contributed by atoms with Gasteiger partial charge in [0.15, 0.2) is 0 Å². The van der Waals surface area contributed by atoms with Crippen molar-refractivity contribution in [3.8, 4) is 5.75 Å². The molecule has 0 aliphatic carbocycles. The van der Waals surface area contributed by atoms with Crippen molar-refractivity contribution in [2.75, 3.05) is 12.0 Å². The molecule has 1 fully saturated rings. The minimum Gasteiger partial charge on any atom is -0.507 e. The van der Waals surface area contributed by atoms with Gasteiger partial charge in [-0.1, -0.05) is 37.6 Å². The minimum atomic E-state index is -0.821. The van der Waals surface area contributed by atoms with Crippen LogP contribution in [0.3, 0.4) is 0 Å². The molecule has 168 valence electrons. The predicted octanol–water partition coefficient (Wildman–Crippen LogP) is 5.49. The van der Waals surface area contributed by atoms with Crippen LogP contribution in [0, 0.1) is 0 Å². The summed E-state index contributed by atoms with van der Waals surface area (Å²) in [6.07, 6.45) is 3.17. The van der Waals surface area contributed by atoms with Crippen molar-refractivity contribution < 1.29 is 19.4 Å². The molecule has 1 N–H and O–H groups in total. The molecule has 1 aliphatic rings. The number of methoxy groups -OCH3 is 1. The van der Waals surface area contributed by atoms with Crippen molar-refractivity contribution in [1.82, 2.24) is 4.98 Å². The number of hydrogen-bond acceptors (Lipinski definition) is 5. The smallest absolute Gasteiger partial charge is 0.300 e. The van der Waals surface area contributed by atoms with Crippen LogP contribution >= 0.6 is 11.6 Å². The third kappa shape index (κ3) is 4.10. The van der Waals surface area contributed by atoms with E-state index in [9.17, 15) is 14.7 Å². The fourth-order valence-electron chi connectivity index (χ4n) is 3.95. The standard InChI is InChI=1S/C26H23ClN2O4/c1-15(2)16-4-7-19(8-5-16)29-23(17-10-12-28-13-11-17)22(25(31)26(29)32)24(30)18-6-9-21(33-3)20(27)14-18/h4-15,23,30H,1-3H3/b24-22-. The van der Waals surface area contributed by atoms with Gasteiger partial charge in [-0.2, -0.15) is 0 Å². The van der Waals surface area contributed by atoms with Gasteiger partial charge in [-0.25, -0.2) is 0 Å². The van der Waals surface area contributed by atoms with E-state index in [-0.39, 0.29) is 16.4 Å². The number of pyridine rings is 1. The van der Waals surface area contributed by atoms with Gasteiger partial charge in [-0.3, -0.25) is 19.5 Å². The van der Waals surface area contributed by atoms with E-state index in [1.54, 1.807) is 36.7 Å². The minimum absolute atomic E-state index is 0.0135. The molecule has 0 radical (unpaired) electrons. The van der Waals surface area contributed by atoms with Crippen molar-refractivity contribution in [1.29, 1.82) is 0 Å². The number of aromatic nitrogens is 1. The van der Waals surface area contributed by atoms with Crippen molar-refractivity contribution in [3.63, 3.8) is 0 Å². The molecule has 1 atom stereocenters. The highest BCUT2D eigenvalue weighted by atomic mass is 35.5. The first-order valence-corrected chi connectivity index (χ1v) is 10.9. The number of aliphatic hydroxyl groups is 1. The number of halogens is 1. The lowest BCUT2D eigenvalue weighted by Gasteiger charge is -2.25. The Balaban J connectivity index is 1.89. The van der Waals surface area contributed by atoms with Crippen LogP contribution in [-0.4, -0.2) is 28.9 Å². The van der Waals surface area contributed by atoms with Gasteiger partial charge in [0.25, 0.3) is 11.7 Å². The third-order valence-electron chi connectivity index (χ3n) is 5.73. The van der Waals surface area contributed by atoms with E-state index in [4.69, 9.17) is 16.3 Å². The number of ether oxygens (including phenoxy) is 1. The first-order valence-electron chi connectivity index (χ1n) is 10.5. The second kappa shape index (κ2) is 9.08. The SMILES string of the molecule is COc1ccc(/C(O)=C2/C(=O)C(=O)N(c3ccc(C(C)C)cc3)C2c2ccncc2)cc1Cl. The number of carbonyl (C=O) groups is 2. The highest BCUT2D eigenvalue weighted by molar-refractivity contribution is 6.51. The molecule has 1 saturated heterocycles. The van der Waals surface area contributed by atoms with Crippen molar-refractivity contribution >= 4 is 34.7 Å². The van der Waals surface area contributed by atoms with Crippen LogP contribution in [0.4, 0.5) is 5.69 Å². The topological polar surface area (TPSA) is 79.7 Å². The highest BCUT2D eigenvalue weighted by Crippen LogP contribution is 2.42. The molecule has 0 spiro atoms. The van der Waals surface area contributed by atoms with E-state index in [2.05, 4.69) is 18.8 Å². The molecule has 1 amide bonds. The number of anilines is 1. The average Bonchev–Trinajstić information content (AvgIpc) is 3.09. The number of hydrogen-bond donors (Lipinski definition) is 1. The van der Waals surface area contributed by atoms with Crippen molar-refractivity contribution in [2.24, 2.45) is 0 Å². The molecule has 2 heterocycles. The maximum atomic E-state index is 13.2. The number of nitrogens with zero attached hydrogens (tertiary/aromatic N) is 2. The number of amides is 1. The van der Waals surface area contributed by atoms with Crippen LogP contribution < -0.4 is 9.64 Å². The number of rotatable bonds is 5. The second-order valence-electron chi connectivity index (χ2n) is 8.05. The summed E-state index contributed by atoms with van der Waals surface area (Å²) in [5, 5.41) is 11.5. The molecule has 1 aromatic heterocycles. The zero-order valence-electron chi connectivity index (χ0n) is 18.4. The Morgan fingerprint density at radius 3 is 2.30 bits per heavy atom. The van der Waals surface area contributed by atoms with Gasteiger partial charge < -0.3 is 9.84 Å². The van der Waals surface area contributed by atoms with Gasteiger partial charge in [0.1, 0.15) is 11.5 Å². The maximum Gasteiger partial charge on any atom is 0.300 e. The van der Waals surface area contributed by atoms with Crippen LogP contribution in [0.1, 0.15) is 42.5 Å². The Morgan fingerprint density at radius 2 is 1.73 bits per heavy atom. The number of benzene rings is 2. The van der Waals surface area contributed by atoms with Crippen LogP contribution in [0.15, 0.2) is 72.6 Å². The third-order valence-corrected chi connectivity index (χ3v) is 6.02. The normalized spacial score (nSPS) is 17.6. The first-order chi connectivity index (χ1) is 15.8. The summed E-state index contributed by atoms with van der Waals surface area (Å²) in [6.45, 7) is 4.16. The van der Waals surface area contributed by atoms with Gasteiger partial charge >= 0.3 is 0 Å². The summed E-state index contributed by atoms with van der Waals surface area (Å²) in [5.41, 5.74) is 2.63. The van der Waals surface area contributed by atoms with E-state index in [1.807, 2.05) is 24.3 Å². The molecular weight excluding hydrogens is 440 g/mol. The molecule has 6 nitrogen and oxygen atoms in total. The summed E-state index contributed by atoms with van der Waals surface area (Å²) in [7, 11) is 1.49. The molecule has 1 aliphatic heterocycles. The van der Waals surface area contributed by atoms with E-state index >= 15 is 0 Å². The molecule has 33 heavy (non-hydrogen) atoms. The molecule has 3 aromatic rings. The summed E-state index contributed by atoms with van der Waals surface area (Å²) < 4.78 is 5.17. The van der Waals surface area contributed by atoms with E-state index in [0.29, 0.717) is 28.5 Å². The fraction of sp³-hybridized carbons (Fsp3) is 0.192. The van der Waals surface area contributed by atoms with E-state index < -0.39 is 17.7 Å². The Hall–Kier alpha value is -3.64. The summed E-state index contributed by atoms with van der Waals surface area (Å²) >= 11 is 6.23. The lowest BCUT2D eigenvalue weighted by atomic mass is 9.95. The fourth-order valence-corrected chi connectivity index (χ4v) is 4.21. The van der Waals surface area contributed by atoms with Gasteiger partial charge in [0.05, 0.1) is 23.7 Å². The maximum absolute atomic E-state index is 13.2. The average molecular weight is 463 g/mol. The molecular formula is C26H23ClN2O4. The van der Waals surface area contributed by atoms with Crippen LogP contribution in [0.5, 0.6) is 5.75 Å². The zero-order chi connectivity index (χ0) is 23.7. The predicted molar refractivity (Wildman–Crippen MR) is 128 cm³/mol. The molecule has 2 aromatic carbocycles. The number of carbonyl (C=O) groups excluding carboxylic acids is 2. The number of ketones is 1. The zero-order valence-corrected chi connectivity index (χ0v) is 19.2. The number of Topliss-reactive ketones (excluding diaryl/α,β-unsaturated/α-hetero) is 1. The Bertz CT molecular complexity index is 1240. The van der Waals surface area contributed by atoms with Crippen molar-refractivity contribution in [2.45, 2.75) is 25.8 Å². The van der Waals surface area contributed by atoms with E-state index in [1.165, 1.54) is 18.1 Å². The lowest BCUT2D eigenvalue weighted by Crippen LogP contribution is -2.29. The first kappa shape index (κ1) is 22.6. The number of aliphatic hydroxyl groups excluding tert-OH is 1. The van der Waals surface area contributed by atoms with Crippen LogP contribution in [-0.2, 0) is 9.59 Å². The van der Waals surface area contributed by atoms with Gasteiger partial charge in [-0.15, -0.1) is 0 Å². The monoisotopic (exact) mass is 462 g/mol. The van der Waals surface area contributed by atoms with Crippen LogP contribution in [0.25, 0.3) is 5.76 Å². The largest absolute Gasteiger partial charge is 0.507 e.